The number of hydrogen-bond acceptors (Lipinski definition) is 2. The second-order valence-electron chi connectivity index (χ2n) is 12.1. The zero-order valence-electron chi connectivity index (χ0n) is 26.9. The molecule has 7 rings (SSSR count). The highest BCUT2D eigenvalue weighted by Gasteiger charge is 2.24. The van der Waals surface area contributed by atoms with Crippen molar-refractivity contribution in [1.29, 1.82) is 0 Å². The van der Waals surface area contributed by atoms with Crippen LogP contribution in [0.1, 0.15) is 46.6 Å². The molecule has 3 aliphatic carbocycles. The summed E-state index contributed by atoms with van der Waals surface area (Å²) < 4.78 is 0. The molecule has 1 atom stereocenters. The fourth-order valence-corrected chi connectivity index (χ4v) is 6.82. The summed E-state index contributed by atoms with van der Waals surface area (Å²) in [5, 5.41) is 3.66. The van der Waals surface area contributed by atoms with E-state index in [1.54, 1.807) is 0 Å². The number of para-hydroxylation sites is 1. The fraction of sp³-hybridized carbons (Fsp3) is 0.0652. The summed E-state index contributed by atoms with van der Waals surface area (Å²) in [7, 11) is 0. The quantitative estimate of drug-likeness (QED) is 0.130. The third-order valence-corrected chi connectivity index (χ3v) is 9.18. The number of nitrogens with one attached hydrogen (secondary N) is 1. The Kier molecular flexibility index (Phi) is 9.00. The third kappa shape index (κ3) is 6.44. The highest BCUT2D eigenvalue weighted by molar-refractivity contribution is 5.86. The summed E-state index contributed by atoms with van der Waals surface area (Å²) in [6.07, 6.45) is 23.1. The van der Waals surface area contributed by atoms with E-state index in [4.69, 9.17) is 5.73 Å². The van der Waals surface area contributed by atoms with Crippen molar-refractivity contribution >= 4 is 28.5 Å². The third-order valence-electron chi connectivity index (χ3n) is 9.18. The van der Waals surface area contributed by atoms with E-state index in [0.717, 1.165) is 40.9 Å². The van der Waals surface area contributed by atoms with Gasteiger partial charge in [-0.05, 0) is 75.6 Å². The van der Waals surface area contributed by atoms with Crippen LogP contribution in [-0.4, -0.2) is 0 Å². The van der Waals surface area contributed by atoms with Gasteiger partial charge in [0.25, 0.3) is 0 Å². The van der Waals surface area contributed by atoms with Crippen molar-refractivity contribution < 1.29 is 0 Å². The van der Waals surface area contributed by atoms with Crippen LogP contribution in [-0.2, 0) is 0 Å². The molecule has 2 heteroatoms. The Balaban J connectivity index is 1.31. The van der Waals surface area contributed by atoms with Crippen LogP contribution in [0.4, 0.5) is 5.69 Å². The first-order chi connectivity index (χ1) is 23.7. The van der Waals surface area contributed by atoms with E-state index in [0.29, 0.717) is 0 Å². The summed E-state index contributed by atoms with van der Waals surface area (Å²) in [5.41, 5.74) is 24.6. The summed E-state index contributed by atoms with van der Waals surface area (Å²) in [6.45, 7) is 4.04. The molecule has 2 nitrogen and oxygen atoms in total. The molecule has 0 radical (unpaired) electrons. The fourth-order valence-electron chi connectivity index (χ4n) is 6.82. The van der Waals surface area contributed by atoms with E-state index < -0.39 is 0 Å². The molecule has 0 heterocycles. The normalized spacial score (nSPS) is 16.2. The Morgan fingerprint density at radius 2 is 1.54 bits per heavy atom. The highest BCUT2D eigenvalue weighted by atomic mass is 14.8. The topological polar surface area (TPSA) is 38.0 Å². The van der Waals surface area contributed by atoms with E-state index in [-0.39, 0.29) is 5.92 Å². The Morgan fingerprint density at radius 3 is 2.31 bits per heavy atom. The van der Waals surface area contributed by atoms with E-state index in [9.17, 15) is 0 Å². The molecule has 0 amide bonds. The van der Waals surface area contributed by atoms with E-state index in [2.05, 4.69) is 169 Å². The molecule has 4 aromatic rings. The molecule has 48 heavy (non-hydrogen) atoms. The predicted octanol–water partition coefficient (Wildman–Crippen LogP) is 11.2. The van der Waals surface area contributed by atoms with Gasteiger partial charge in [0.1, 0.15) is 0 Å². The number of anilines is 1. The van der Waals surface area contributed by atoms with Gasteiger partial charge in [-0.2, -0.15) is 0 Å². The molecule has 1 unspecified atom stereocenters. The molecular formula is C46H38N2. The summed E-state index contributed by atoms with van der Waals surface area (Å²) in [4.78, 5) is 0. The summed E-state index contributed by atoms with van der Waals surface area (Å²) >= 11 is 0. The molecule has 0 saturated heterocycles. The van der Waals surface area contributed by atoms with Gasteiger partial charge in [-0.3, -0.25) is 0 Å². The lowest BCUT2D eigenvalue weighted by molar-refractivity contribution is 0.928. The van der Waals surface area contributed by atoms with Crippen LogP contribution < -0.4 is 11.1 Å². The standard InChI is InChI=1S/C46H38N2/c1-2-33-20-13-23-40(33)43-22-11-12-26-45(43)48-30-29-39(32-37-19-9-10-21-41(37)42-24-14-25-44(42)47)46(35-17-7-4-8-18-35)38-28-27-36(31-38)34-15-5-3-6-16-34/h2-13,15-22,24-30,32,46,48H,1,23,31,47H2/b30-29+,39-32+. The maximum absolute atomic E-state index is 6.42. The number of benzene rings is 4. The zero-order chi connectivity index (χ0) is 32.7. The van der Waals surface area contributed by atoms with Crippen molar-refractivity contribution in [3.63, 3.8) is 0 Å². The molecule has 0 aliphatic heterocycles. The molecule has 0 spiro atoms. The number of nitrogens with two attached hydrogens (primary N) is 1. The lowest BCUT2D eigenvalue weighted by atomic mass is 9.81. The first-order valence-electron chi connectivity index (χ1n) is 16.5. The molecule has 3 aliphatic rings. The van der Waals surface area contributed by atoms with Crippen LogP contribution in [0.2, 0.25) is 0 Å². The number of allylic oxidation sites excluding steroid dienone is 13. The van der Waals surface area contributed by atoms with Crippen molar-refractivity contribution in [2.45, 2.75) is 18.8 Å². The van der Waals surface area contributed by atoms with Crippen molar-refractivity contribution in [1.82, 2.24) is 0 Å². The van der Waals surface area contributed by atoms with E-state index in [1.807, 2.05) is 18.2 Å². The molecular weight excluding hydrogens is 581 g/mol. The van der Waals surface area contributed by atoms with Crippen LogP contribution in [0.5, 0.6) is 0 Å². The summed E-state index contributed by atoms with van der Waals surface area (Å²) in [6, 6.07) is 38.5. The van der Waals surface area contributed by atoms with E-state index in [1.165, 1.54) is 44.6 Å². The van der Waals surface area contributed by atoms with Gasteiger partial charge < -0.3 is 11.1 Å². The largest absolute Gasteiger partial charge is 0.398 e. The van der Waals surface area contributed by atoms with Crippen LogP contribution in [0.15, 0.2) is 199 Å². The van der Waals surface area contributed by atoms with Crippen LogP contribution >= 0.6 is 0 Å². The Hall–Kier alpha value is -6.08. The molecule has 0 fully saturated rings. The van der Waals surface area contributed by atoms with Crippen LogP contribution in [0, 0.1) is 0 Å². The Morgan fingerprint density at radius 1 is 0.812 bits per heavy atom. The van der Waals surface area contributed by atoms with Gasteiger partial charge >= 0.3 is 0 Å². The SMILES string of the molecule is C=CC1=C(c2ccccc2N/C=C/C(=C\c2ccccc2C2=C(N)C=C=C2)C(C2=CC=C(c3ccccc3)C2)c2ccccc2)CC=C1. The lowest BCUT2D eigenvalue weighted by Gasteiger charge is -2.23. The minimum Gasteiger partial charge on any atom is -0.398 e. The smallest absolute Gasteiger partial charge is 0.0478 e. The van der Waals surface area contributed by atoms with Crippen molar-refractivity contribution in [3.8, 4) is 0 Å². The summed E-state index contributed by atoms with van der Waals surface area (Å²) in [5.74, 6) is 0.0303. The molecule has 0 saturated carbocycles. The minimum atomic E-state index is 0.0303. The predicted molar refractivity (Wildman–Crippen MR) is 205 cm³/mol. The number of hydrogen-bond donors (Lipinski definition) is 2. The van der Waals surface area contributed by atoms with Gasteiger partial charge in [-0.1, -0.05) is 152 Å². The van der Waals surface area contributed by atoms with Crippen molar-refractivity contribution in [2.24, 2.45) is 5.73 Å². The minimum absolute atomic E-state index is 0.0303. The number of rotatable bonds is 11. The maximum Gasteiger partial charge on any atom is 0.0478 e. The van der Waals surface area contributed by atoms with Crippen LogP contribution in [0.3, 0.4) is 0 Å². The maximum atomic E-state index is 6.42. The van der Waals surface area contributed by atoms with Gasteiger partial charge in [-0.25, -0.2) is 0 Å². The van der Waals surface area contributed by atoms with Gasteiger partial charge in [0.05, 0.1) is 0 Å². The van der Waals surface area contributed by atoms with Crippen LogP contribution in [0.25, 0.3) is 22.8 Å². The first kappa shape index (κ1) is 30.6. The van der Waals surface area contributed by atoms with Gasteiger partial charge in [0, 0.05) is 40.7 Å². The molecule has 4 aromatic carbocycles. The highest BCUT2D eigenvalue weighted by Crippen LogP contribution is 2.42. The molecule has 3 N–H and O–H groups in total. The first-order valence-corrected chi connectivity index (χ1v) is 16.5. The Bertz CT molecular complexity index is 2140. The molecule has 232 valence electrons. The average molecular weight is 619 g/mol. The van der Waals surface area contributed by atoms with Gasteiger partial charge in [-0.15, -0.1) is 5.73 Å². The van der Waals surface area contributed by atoms with E-state index >= 15 is 0 Å². The van der Waals surface area contributed by atoms with Crippen molar-refractivity contribution in [3.05, 3.63) is 227 Å². The molecule has 0 aromatic heterocycles. The van der Waals surface area contributed by atoms with Crippen molar-refractivity contribution in [2.75, 3.05) is 5.32 Å². The second kappa shape index (κ2) is 14.1. The second-order valence-corrected chi connectivity index (χ2v) is 12.1. The lowest BCUT2D eigenvalue weighted by Crippen LogP contribution is -2.06. The monoisotopic (exact) mass is 618 g/mol. The molecule has 0 bridgehead atoms. The average Bonchev–Trinajstić information content (AvgIpc) is 3.91. The van der Waals surface area contributed by atoms with Gasteiger partial charge in [0.15, 0.2) is 0 Å². The zero-order valence-corrected chi connectivity index (χ0v) is 26.9. The van der Waals surface area contributed by atoms with Gasteiger partial charge in [0.2, 0.25) is 0 Å². The Labute approximate surface area is 284 Å².